The maximum Gasteiger partial charge on any atom is 0.354 e. The molecule has 0 radical (unpaired) electrons. The van der Waals surface area contributed by atoms with Crippen molar-refractivity contribution >= 4 is 55.0 Å². The molecule has 1 amide bonds. The Morgan fingerprint density at radius 3 is 2.62 bits per heavy atom. The van der Waals surface area contributed by atoms with Gasteiger partial charge in [0.15, 0.2) is 15.7 Å². The van der Waals surface area contributed by atoms with Gasteiger partial charge in [-0.05, 0) is 56.0 Å². The number of sulfone groups is 1. The fraction of sp³-hybridized carbons (Fsp3) is 0.324. The monoisotopic (exact) mass is 689 g/mol. The Labute approximate surface area is 281 Å². The maximum atomic E-state index is 17.5. The number of amides is 1. The van der Waals surface area contributed by atoms with E-state index in [0.717, 1.165) is 0 Å². The van der Waals surface area contributed by atoms with Crippen molar-refractivity contribution in [1.82, 2.24) is 29.6 Å². The first kappa shape index (κ1) is 32.0. The number of anilines is 1. The molecule has 1 N–H and O–H groups in total. The molecule has 5 heterocycles. The first-order valence-electron chi connectivity index (χ1n) is 15.6. The van der Waals surface area contributed by atoms with Crippen molar-refractivity contribution in [2.75, 3.05) is 23.7 Å². The van der Waals surface area contributed by atoms with E-state index < -0.39 is 44.1 Å². The van der Waals surface area contributed by atoms with E-state index in [1.54, 1.807) is 36.2 Å². The molecule has 2 aliphatic heterocycles. The molecular weight excluding hydrogens is 657 g/mol. The highest BCUT2D eigenvalue weighted by molar-refractivity contribution is 7.91. The zero-order chi connectivity index (χ0) is 34.4. The molecule has 248 valence electrons. The molecule has 2 aliphatic rings. The van der Waals surface area contributed by atoms with Gasteiger partial charge in [-0.15, -0.1) is 0 Å². The number of halogens is 2. The van der Waals surface area contributed by atoms with E-state index in [2.05, 4.69) is 26.7 Å². The molecule has 2 aromatic carbocycles. The number of aromatic amines is 1. The Kier molecular flexibility index (Phi) is 7.48. The van der Waals surface area contributed by atoms with Crippen LogP contribution in [0.25, 0.3) is 38.6 Å². The molecule has 2 atom stereocenters. The second kappa shape index (κ2) is 11.2. The lowest BCUT2D eigenvalue weighted by Crippen LogP contribution is -2.61. The maximum absolute atomic E-state index is 17.5. The van der Waals surface area contributed by atoms with E-state index in [0.29, 0.717) is 39.0 Å². The van der Waals surface area contributed by atoms with Gasteiger partial charge >= 0.3 is 5.69 Å². The summed E-state index contributed by atoms with van der Waals surface area (Å²) in [6, 6.07) is 3.97. The average Bonchev–Trinajstić information content (AvgIpc) is 3.47. The minimum Gasteiger partial charge on any atom is -0.346 e. The molecule has 0 spiro atoms. The summed E-state index contributed by atoms with van der Waals surface area (Å²) in [6.45, 7) is 13.0. The molecule has 0 saturated carbocycles. The van der Waals surface area contributed by atoms with Crippen LogP contribution in [0.3, 0.4) is 0 Å². The molecule has 1 saturated heterocycles. The SMILES string of the molecule is C=CC(=O)N1CC(C)N2c3nc(=O)n(-c4c(C)ccnc4C(C)C)c4c(Cl)c(-c5c(C)ccc6[nH]ncc56)c(F)c(c34)S(=O)(=O)CC2C1. The van der Waals surface area contributed by atoms with Gasteiger partial charge in [0.25, 0.3) is 0 Å². The molecule has 11 nitrogen and oxygen atoms in total. The highest BCUT2D eigenvalue weighted by Gasteiger charge is 2.45. The normalized spacial score (nSPS) is 18.8. The number of piperazine rings is 1. The zero-order valence-electron chi connectivity index (χ0n) is 27.0. The van der Waals surface area contributed by atoms with Crippen LogP contribution >= 0.6 is 11.6 Å². The van der Waals surface area contributed by atoms with Crippen LogP contribution < -0.4 is 10.6 Å². The third-order valence-electron chi connectivity index (χ3n) is 9.40. The van der Waals surface area contributed by atoms with Crippen LogP contribution in [0.1, 0.15) is 43.5 Å². The summed E-state index contributed by atoms with van der Waals surface area (Å²) < 4.78 is 48.0. The third-order valence-corrected chi connectivity index (χ3v) is 11.6. The second-order valence-corrected chi connectivity index (χ2v) is 15.2. The number of aromatic nitrogens is 5. The van der Waals surface area contributed by atoms with E-state index >= 15 is 4.39 Å². The van der Waals surface area contributed by atoms with E-state index in [4.69, 9.17) is 11.6 Å². The number of pyridine rings is 1. The summed E-state index contributed by atoms with van der Waals surface area (Å²) in [5.41, 5.74) is 2.31. The van der Waals surface area contributed by atoms with Crippen molar-refractivity contribution in [3.63, 3.8) is 0 Å². The van der Waals surface area contributed by atoms with E-state index in [9.17, 15) is 18.0 Å². The zero-order valence-corrected chi connectivity index (χ0v) is 28.6. The standard InChI is InChI=1S/C34H33ClFN7O4S/c1-7-23(44)41-13-19(6)42-20(14-41)15-48(46,47)32-26-31(27(35)25(28(32)36)24-17(4)8-9-22-21(24)12-38-40-22)43(34(45)39-33(26)42)30-18(5)10-11-37-29(30)16(2)3/h7-12,16,19-20H,1,13-15H2,2-6H3,(H,38,40). The summed E-state index contributed by atoms with van der Waals surface area (Å²) >= 11 is 7.34. The number of benzene rings is 2. The van der Waals surface area contributed by atoms with Gasteiger partial charge in [0, 0.05) is 41.8 Å². The van der Waals surface area contributed by atoms with Crippen LogP contribution in [-0.2, 0) is 14.6 Å². The van der Waals surface area contributed by atoms with Gasteiger partial charge < -0.3 is 9.80 Å². The number of hydrogen-bond acceptors (Lipinski definition) is 8. The number of rotatable bonds is 4. The number of carbonyl (C=O) groups excluding carboxylic acids is 1. The molecule has 3 aromatic heterocycles. The number of carbonyl (C=O) groups is 1. The van der Waals surface area contributed by atoms with Crippen molar-refractivity contribution in [2.24, 2.45) is 0 Å². The smallest absolute Gasteiger partial charge is 0.346 e. The first-order valence-corrected chi connectivity index (χ1v) is 17.6. The fourth-order valence-electron chi connectivity index (χ4n) is 7.36. The Balaban J connectivity index is 1.71. The summed E-state index contributed by atoms with van der Waals surface area (Å²) in [5.74, 6) is -2.09. The van der Waals surface area contributed by atoms with Crippen molar-refractivity contribution in [3.05, 3.63) is 81.4 Å². The number of aryl methyl sites for hydroxylation is 2. The Hall–Kier alpha value is -4.62. The average molecular weight is 690 g/mol. The second-order valence-electron chi connectivity index (χ2n) is 12.9. The van der Waals surface area contributed by atoms with Crippen LogP contribution in [0.15, 0.2) is 52.9 Å². The van der Waals surface area contributed by atoms with Gasteiger partial charge in [0.2, 0.25) is 5.91 Å². The van der Waals surface area contributed by atoms with Gasteiger partial charge in [0.1, 0.15) is 10.7 Å². The number of nitrogens with zero attached hydrogens (tertiary/aromatic N) is 6. The highest BCUT2D eigenvalue weighted by atomic mass is 35.5. The van der Waals surface area contributed by atoms with Gasteiger partial charge in [-0.3, -0.25) is 19.4 Å². The van der Waals surface area contributed by atoms with Gasteiger partial charge in [-0.25, -0.2) is 17.6 Å². The molecule has 0 aliphatic carbocycles. The fourth-order valence-corrected chi connectivity index (χ4v) is 9.53. The molecule has 5 aromatic rings. The predicted octanol–water partition coefficient (Wildman–Crippen LogP) is 5.24. The van der Waals surface area contributed by atoms with Crippen molar-refractivity contribution < 1.29 is 17.6 Å². The Bertz CT molecular complexity index is 2390. The summed E-state index contributed by atoms with van der Waals surface area (Å²) in [7, 11) is -4.45. The predicted molar refractivity (Wildman–Crippen MR) is 183 cm³/mol. The van der Waals surface area contributed by atoms with Crippen LogP contribution in [0.4, 0.5) is 10.2 Å². The lowest BCUT2D eigenvalue weighted by Gasteiger charge is -2.45. The number of fused-ring (bicyclic) bond motifs is 3. The number of nitrogens with one attached hydrogen (secondary N) is 1. The van der Waals surface area contributed by atoms with E-state index in [1.807, 2.05) is 27.7 Å². The van der Waals surface area contributed by atoms with Crippen LogP contribution in [-0.4, -0.2) is 74.9 Å². The van der Waals surface area contributed by atoms with E-state index in [1.165, 1.54) is 21.7 Å². The van der Waals surface area contributed by atoms with Crippen molar-refractivity contribution in [2.45, 2.75) is 57.5 Å². The molecule has 1 fully saturated rings. The van der Waals surface area contributed by atoms with Crippen LogP contribution in [0.2, 0.25) is 5.02 Å². The van der Waals surface area contributed by atoms with Gasteiger partial charge in [0.05, 0.1) is 50.8 Å². The minimum absolute atomic E-state index is 0.00348. The van der Waals surface area contributed by atoms with Crippen molar-refractivity contribution in [3.8, 4) is 16.8 Å². The molecule has 14 heteroatoms. The third kappa shape index (κ3) is 4.58. The Morgan fingerprint density at radius 1 is 1.17 bits per heavy atom. The number of hydrogen-bond donors (Lipinski definition) is 1. The van der Waals surface area contributed by atoms with Gasteiger partial charge in [-0.1, -0.05) is 38.1 Å². The lowest BCUT2D eigenvalue weighted by molar-refractivity contribution is -0.127. The molecular formula is C34H33ClFN7O4S. The summed E-state index contributed by atoms with van der Waals surface area (Å²) in [4.78, 5) is 38.9. The number of H-pyrrole nitrogens is 1. The molecule has 7 rings (SSSR count). The minimum atomic E-state index is -4.45. The highest BCUT2D eigenvalue weighted by Crippen LogP contribution is 2.49. The quantitative estimate of drug-likeness (QED) is 0.254. The molecule has 0 bridgehead atoms. The van der Waals surface area contributed by atoms with Crippen LogP contribution in [0.5, 0.6) is 0 Å². The summed E-state index contributed by atoms with van der Waals surface area (Å²) in [5, 5.41) is 7.32. The summed E-state index contributed by atoms with van der Waals surface area (Å²) in [6.07, 6.45) is 4.34. The van der Waals surface area contributed by atoms with Gasteiger partial charge in [-0.2, -0.15) is 10.1 Å². The van der Waals surface area contributed by atoms with Crippen molar-refractivity contribution in [1.29, 1.82) is 0 Å². The molecule has 2 unspecified atom stereocenters. The largest absolute Gasteiger partial charge is 0.354 e. The first-order chi connectivity index (χ1) is 22.8. The Morgan fingerprint density at radius 2 is 1.92 bits per heavy atom. The van der Waals surface area contributed by atoms with E-state index in [-0.39, 0.29) is 52.2 Å². The van der Waals surface area contributed by atoms with Crippen LogP contribution in [0, 0.1) is 19.7 Å². The topological polar surface area (TPSA) is 134 Å². The lowest BCUT2D eigenvalue weighted by atomic mass is 9.94. The molecule has 48 heavy (non-hydrogen) atoms.